The van der Waals surface area contributed by atoms with E-state index in [0.29, 0.717) is 39.9 Å². The molecular weight excluding hydrogens is 368 g/mol. The van der Waals surface area contributed by atoms with Crippen LogP contribution < -0.4 is 0 Å². The van der Waals surface area contributed by atoms with Crippen molar-refractivity contribution >= 4 is 5.97 Å². The maximum atomic E-state index is 11.2. The molecule has 4 fully saturated rings. The molecule has 1 N–H and O–H groups in total. The summed E-state index contributed by atoms with van der Waals surface area (Å²) in [5.41, 5.74) is 1.84. The summed E-state index contributed by atoms with van der Waals surface area (Å²) in [5.74, 6) is 4.11. The predicted molar refractivity (Wildman–Crippen MR) is 124 cm³/mol. The van der Waals surface area contributed by atoms with Crippen LogP contribution in [0.5, 0.6) is 0 Å². The van der Waals surface area contributed by atoms with E-state index in [4.69, 9.17) is 0 Å². The molecule has 0 aliphatic heterocycles. The van der Waals surface area contributed by atoms with Crippen LogP contribution in [0.2, 0.25) is 0 Å². The van der Waals surface area contributed by atoms with E-state index in [1.165, 1.54) is 51.4 Å². The summed E-state index contributed by atoms with van der Waals surface area (Å²) >= 11 is 0. The van der Waals surface area contributed by atoms with Crippen molar-refractivity contribution in [3.63, 3.8) is 0 Å². The number of rotatable bonds is 4. The molecule has 0 bridgehead atoms. The van der Waals surface area contributed by atoms with Crippen LogP contribution in [0.3, 0.4) is 0 Å². The smallest absolute Gasteiger partial charge is 0.303 e. The molecular formula is C28H48O2. The van der Waals surface area contributed by atoms with Gasteiger partial charge in [0.1, 0.15) is 0 Å². The fourth-order valence-corrected chi connectivity index (χ4v) is 10.2. The molecule has 0 saturated heterocycles. The number of hydrogen-bond donors (Lipinski definition) is 1. The van der Waals surface area contributed by atoms with Crippen molar-refractivity contribution in [3.8, 4) is 0 Å². The van der Waals surface area contributed by atoms with Crippen molar-refractivity contribution in [2.75, 3.05) is 0 Å². The second-order valence-electron chi connectivity index (χ2n) is 13.5. The van der Waals surface area contributed by atoms with Crippen LogP contribution in [0.4, 0.5) is 0 Å². The number of carbonyl (C=O) groups is 1. The number of aliphatic carboxylic acids is 1. The lowest BCUT2D eigenvalue weighted by molar-refractivity contribution is -0.188. The molecule has 5 unspecified atom stereocenters. The Bertz CT molecular complexity index is 682. The average Bonchev–Trinajstić information content (AvgIpc) is 2.95. The highest BCUT2D eigenvalue weighted by Crippen LogP contribution is 2.75. The van der Waals surface area contributed by atoms with Crippen molar-refractivity contribution in [1.29, 1.82) is 0 Å². The largest absolute Gasteiger partial charge is 0.481 e. The summed E-state index contributed by atoms with van der Waals surface area (Å²) in [6, 6.07) is 0. The summed E-state index contributed by atoms with van der Waals surface area (Å²) in [7, 11) is 0. The van der Waals surface area contributed by atoms with E-state index in [0.717, 1.165) is 30.1 Å². The van der Waals surface area contributed by atoms with E-state index < -0.39 is 5.97 Å². The second kappa shape index (κ2) is 7.24. The molecule has 0 aromatic carbocycles. The molecule has 9 atom stereocenters. The minimum atomic E-state index is -0.628. The zero-order valence-electron chi connectivity index (χ0n) is 20.9. The zero-order chi connectivity index (χ0) is 22.1. The number of fused-ring (bicyclic) bond motifs is 5. The first-order valence-corrected chi connectivity index (χ1v) is 13.1. The molecule has 0 spiro atoms. The van der Waals surface area contributed by atoms with Crippen molar-refractivity contribution in [3.05, 3.63) is 0 Å². The van der Waals surface area contributed by atoms with Gasteiger partial charge in [-0.05, 0) is 115 Å². The second-order valence-corrected chi connectivity index (χ2v) is 13.5. The molecule has 0 aromatic rings. The van der Waals surface area contributed by atoms with Crippen LogP contribution in [-0.4, -0.2) is 11.1 Å². The molecule has 30 heavy (non-hydrogen) atoms. The molecule has 172 valence electrons. The van der Waals surface area contributed by atoms with E-state index in [1.807, 2.05) is 0 Å². The van der Waals surface area contributed by atoms with Crippen molar-refractivity contribution in [2.24, 2.45) is 57.2 Å². The topological polar surface area (TPSA) is 37.3 Å². The molecule has 2 heteroatoms. The molecule has 2 nitrogen and oxygen atoms in total. The van der Waals surface area contributed by atoms with E-state index in [2.05, 4.69) is 48.5 Å². The minimum absolute atomic E-state index is 0.337. The Labute approximate surface area is 186 Å². The molecule has 0 amide bonds. The molecule has 4 rings (SSSR count). The van der Waals surface area contributed by atoms with Crippen molar-refractivity contribution in [2.45, 2.75) is 113 Å². The third-order valence-corrected chi connectivity index (χ3v) is 12.6. The van der Waals surface area contributed by atoms with Crippen molar-refractivity contribution in [1.82, 2.24) is 0 Å². The number of carboxylic acid groups (broad SMARTS) is 1. The Hall–Kier alpha value is -0.530. The van der Waals surface area contributed by atoms with Gasteiger partial charge in [-0.25, -0.2) is 0 Å². The standard InChI is InChI=1S/C28H48O2/c1-18(8-11-24(29)30)20-13-16-28(7)22-9-10-23-25(3,4)19(2)12-15-26(23,5)21(22)14-17-27(20,28)6/h18-23H,8-17H2,1-7H3,(H,29,30)/t18?,19-,20?,21?,22?,23?,26+,27+,28-/m0/s1. The zero-order valence-corrected chi connectivity index (χ0v) is 20.9. The lowest BCUT2D eigenvalue weighted by atomic mass is 9.37. The highest BCUT2D eigenvalue weighted by molar-refractivity contribution is 5.66. The SMILES string of the molecule is CC(CCC(=O)O)C1CC[C@@]2(C)C3CCC4C(C)(C)[C@@H](C)CC[C@]4(C)C3CC[C@]12C. The summed E-state index contributed by atoms with van der Waals surface area (Å²) in [4.78, 5) is 11.2. The van der Waals surface area contributed by atoms with Crippen LogP contribution in [0.15, 0.2) is 0 Å². The van der Waals surface area contributed by atoms with Gasteiger partial charge in [0.25, 0.3) is 0 Å². The first-order valence-electron chi connectivity index (χ1n) is 13.1. The summed E-state index contributed by atoms with van der Waals surface area (Å²) in [5, 5.41) is 9.21. The van der Waals surface area contributed by atoms with Gasteiger partial charge in [0.2, 0.25) is 0 Å². The van der Waals surface area contributed by atoms with E-state index in [1.54, 1.807) is 0 Å². The maximum Gasteiger partial charge on any atom is 0.303 e. The van der Waals surface area contributed by atoms with Gasteiger partial charge < -0.3 is 5.11 Å². The number of hydrogen-bond acceptors (Lipinski definition) is 1. The van der Waals surface area contributed by atoms with Gasteiger partial charge in [0.15, 0.2) is 0 Å². The average molecular weight is 417 g/mol. The predicted octanol–water partition coefficient (Wildman–Crippen LogP) is 7.81. The third kappa shape index (κ3) is 2.97. The fourth-order valence-electron chi connectivity index (χ4n) is 10.2. The van der Waals surface area contributed by atoms with Crippen molar-refractivity contribution < 1.29 is 9.90 Å². The molecule has 0 heterocycles. The summed E-state index contributed by atoms with van der Waals surface area (Å²) < 4.78 is 0. The fraction of sp³-hybridized carbons (Fsp3) is 0.964. The Balaban J connectivity index is 1.60. The first kappa shape index (κ1) is 22.7. The molecule has 0 radical (unpaired) electrons. The van der Waals surface area contributed by atoms with Gasteiger partial charge in [0.05, 0.1) is 0 Å². The maximum absolute atomic E-state index is 11.2. The summed E-state index contributed by atoms with van der Waals surface area (Å²) in [6.07, 6.45) is 12.4. The Morgan fingerprint density at radius 1 is 0.900 bits per heavy atom. The molecule has 4 aliphatic rings. The number of carboxylic acids is 1. The van der Waals surface area contributed by atoms with E-state index in [9.17, 15) is 9.90 Å². The normalized spacial score (nSPS) is 50.8. The van der Waals surface area contributed by atoms with E-state index >= 15 is 0 Å². The van der Waals surface area contributed by atoms with Gasteiger partial charge in [-0.1, -0.05) is 48.5 Å². The highest BCUT2D eigenvalue weighted by Gasteiger charge is 2.67. The Kier molecular flexibility index (Phi) is 5.47. The van der Waals surface area contributed by atoms with Gasteiger partial charge >= 0.3 is 5.97 Å². The minimum Gasteiger partial charge on any atom is -0.481 e. The Morgan fingerprint density at radius 3 is 2.23 bits per heavy atom. The van der Waals surface area contributed by atoms with Crippen LogP contribution in [-0.2, 0) is 4.79 Å². The summed E-state index contributed by atoms with van der Waals surface area (Å²) in [6.45, 7) is 18.0. The van der Waals surface area contributed by atoms with Gasteiger partial charge in [-0.2, -0.15) is 0 Å². The lowest BCUT2D eigenvalue weighted by Gasteiger charge is -2.68. The van der Waals surface area contributed by atoms with Crippen LogP contribution in [0.1, 0.15) is 113 Å². The quantitative estimate of drug-likeness (QED) is 0.507. The first-order chi connectivity index (χ1) is 13.9. The molecule has 4 saturated carbocycles. The molecule has 4 aliphatic carbocycles. The highest BCUT2D eigenvalue weighted by atomic mass is 16.4. The van der Waals surface area contributed by atoms with Crippen LogP contribution in [0.25, 0.3) is 0 Å². The van der Waals surface area contributed by atoms with Gasteiger partial charge in [-0.3, -0.25) is 4.79 Å². The van der Waals surface area contributed by atoms with Gasteiger partial charge in [-0.15, -0.1) is 0 Å². The van der Waals surface area contributed by atoms with Gasteiger partial charge in [0, 0.05) is 6.42 Å². The molecule has 0 aromatic heterocycles. The monoisotopic (exact) mass is 416 g/mol. The third-order valence-electron chi connectivity index (χ3n) is 12.6. The van der Waals surface area contributed by atoms with E-state index in [-0.39, 0.29) is 0 Å². The van der Waals surface area contributed by atoms with Crippen LogP contribution in [0, 0.1) is 57.2 Å². The van der Waals surface area contributed by atoms with Crippen LogP contribution >= 0.6 is 0 Å². The Morgan fingerprint density at radius 2 is 1.57 bits per heavy atom. The lowest BCUT2D eigenvalue weighted by Crippen LogP contribution is -2.60.